The van der Waals surface area contributed by atoms with Gasteiger partial charge < -0.3 is 19.3 Å². The number of hydrogen-bond donors (Lipinski definition) is 0. The summed E-state index contributed by atoms with van der Waals surface area (Å²) in [5, 5.41) is 0. The lowest BCUT2D eigenvalue weighted by Crippen LogP contribution is -2.41. The molecule has 3 aromatic rings. The van der Waals surface area contributed by atoms with Crippen LogP contribution in [-0.2, 0) is 25.4 Å². The average molecular weight is 545 g/mol. The van der Waals surface area contributed by atoms with E-state index in [4.69, 9.17) is 9.47 Å². The van der Waals surface area contributed by atoms with Crippen LogP contribution in [0.5, 0.6) is 5.75 Å². The minimum Gasteiger partial charge on any atom is -0.488 e. The molecule has 210 valence electrons. The number of anilines is 1. The van der Waals surface area contributed by atoms with Crippen LogP contribution in [0, 0.1) is 0 Å². The Morgan fingerprint density at radius 2 is 1.80 bits per heavy atom. The van der Waals surface area contributed by atoms with Crippen molar-refractivity contribution in [2.24, 2.45) is 14.1 Å². The summed E-state index contributed by atoms with van der Waals surface area (Å²) in [6.07, 6.45) is 3.99. The molecule has 2 aliphatic rings. The van der Waals surface area contributed by atoms with E-state index in [0.717, 1.165) is 78.1 Å². The van der Waals surface area contributed by atoms with Crippen LogP contribution in [0.2, 0.25) is 0 Å². The van der Waals surface area contributed by atoms with Gasteiger partial charge in [0.1, 0.15) is 18.2 Å². The maximum absolute atomic E-state index is 12.5. The molecule has 2 aromatic carbocycles. The van der Waals surface area contributed by atoms with E-state index in [1.807, 2.05) is 24.3 Å². The lowest BCUT2D eigenvalue weighted by Gasteiger charge is -2.25. The Labute approximate surface area is 233 Å². The maximum atomic E-state index is 12.5. The summed E-state index contributed by atoms with van der Waals surface area (Å²) in [5.74, 6) is 1.08. The molecule has 1 aromatic heterocycles. The zero-order chi connectivity index (χ0) is 28.2. The molecule has 3 heterocycles. The van der Waals surface area contributed by atoms with Gasteiger partial charge in [0.2, 0.25) is 0 Å². The van der Waals surface area contributed by atoms with Gasteiger partial charge in [0, 0.05) is 51.9 Å². The van der Waals surface area contributed by atoms with Gasteiger partial charge in [0.25, 0.3) is 5.56 Å². The number of aromatic nitrogens is 2. The number of hydrogen-bond acceptors (Lipinski definition) is 7. The van der Waals surface area contributed by atoms with E-state index in [1.165, 1.54) is 7.05 Å². The number of rotatable bonds is 6. The molecular formula is C31H36N4O5. The van der Waals surface area contributed by atoms with Crippen LogP contribution in [0.1, 0.15) is 46.8 Å². The van der Waals surface area contributed by atoms with Crippen molar-refractivity contribution in [3.8, 4) is 5.75 Å². The van der Waals surface area contributed by atoms with Crippen molar-refractivity contribution in [2.45, 2.75) is 26.4 Å². The molecule has 0 radical (unpaired) electrons. The summed E-state index contributed by atoms with van der Waals surface area (Å²) in [6.45, 7) is 6.73. The number of fused-ring (bicyclic) bond motifs is 2. The van der Waals surface area contributed by atoms with Gasteiger partial charge in [-0.25, -0.2) is 9.59 Å². The highest BCUT2D eigenvalue weighted by Gasteiger charge is 2.22. The predicted octanol–water partition coefficient (Wildman–Crippen LogP) is 3.19. The summed E-state index contributed by atoms with van der Waals surface area (Å²) in [4.78, 5) is 41.7. The topological polar surface area (TPSA) is 86.0 Å². The highest BCUT2D eigenvalue weighted by atomic mass is 16.5. The summed E-state index contributed by atoms with van der Waals surface area (Å²) < 4.78 is 14.1. The van der Waals surface area contributed by atoms with E-state index >= 15 is 0 Å². The number of benzene rings is 2. The first-order chi connectivity index (χ1) is 19.4. The number of carbonyl (C=O) groups excluding carboxylic acids is 1. The predicted molar refractivity (Wildman–Crippen MR) is 155 cm³/mol. The van der Waals surface area contributed by atoms with Crippen molar-refractivity contribution in [1.82, 2.24) is 14.0 Å². The van der Waals surface area contributed by atoms with Gasteiger partial charge >= 0.3 is 11.7 Å². The number of esters is 1. The third kappa shape index (κ3) is 5.60. The van der Waals surface area contributed by atoms with Gasteiger partial charge in [0.15, 0.2) is 0 Å². The number of nitrogens with zero attached hydrogens (tertiary/aromatic N) is 4. The van der Waals surface area contributed by atoms with E-state index in [1.54, 1.807) is 30.7 Å². The molecule has 5 rings (SSSR count). The largest absolute Gasteiger partial charge is 0.488 e. The Morgan fingerprint density at radius 3 is 2.62 bits per heavy atom. The molecule has 0 atom stereocenters. The van der Waals surface area contributed by atoms with E-state index in [-0.39, 0.29) is 17.2 Å². The van der Waals surface area contributed by atoms with Gasteiger partial charge in [-0.15, -0.1) is 0 Å². The average Bonchev–Trinajstić information content (AvgIpc) is 3.29. The molecule has 2 aliphatic heterocycles. The van der Waals surface area contributed by atoms with Gasteiger partial charge in [-0.2, -0.15) is 0 Å². The van der Waals surface area contributed by atoms with Crippen molar-refractivity contribution in [2.75, 3.05) is 44.2 Å². The Morgan fingerprint density at radius 1 is 0.975 bits per heavy atom. The Kier molecular flexibility index (Phi) is 8.21. The molecule has 0 N–H and O–H groups in total. The van der Waals surface area contributed by atoms with Crippen LogP contribution >= 0.6 is 0 Å². The van der Waals surface area contributed by atoms with E-state index in [2.05, 4.69) is 28.0 Å². The highest BCUT2D eigenvalue weighted by Crippen LogP contribution is 2.37. The second-order valence-corrected chi connectivity index (χ2v) is 10.2. The second-order valence-electron chi connectivity index (χ2n) is 10.2. The van der Waals surface area contributed by atoms with E-state index in [0.29, 0.717) is 24.6 Å². The highest BCUT2D eigenvalue weighted by molar-refractivity contribution is 5.93. The van der Waals surface area contributed by atoms with Crippen molar-refractivity contribution in [1.29, 1.82) is 0 Å². The van der Waals surface area contributed by atoms with Crippen molar-refractivity contribution in [3.05, 3.63) is 97.7 Å². The molecule has 0 amide bonds. The molecule has 0 aliphatic carbocycles. The first-order valence-corrected chi connectivity index (χ1v) is 13.8. The lowest BCUT2D eigenvalue weighted by molar-refractivity contribution is 0.0526. The molecule has 0 spiro atoms. The zero-order valence-corrected chi connectivity index (χ0v) is 23.4. The third-order valence-corrected chi connectivity index (χ3v) is 7.68. The van der Waals surface area contributed by atoms with Crippen LogP contribution in [-0.4, -0.2) is 59.3 Å². The molecule has 0 bridgehead atoms. The second kappa shape index (κ2) is 12.0. The van der Waals surface area contributed by atoms with Crippen LogP contribution in [0.4, 0.5) is 5.82 Å². The van der Waals surface area contributed by atoms with Crippen molar-refractivity contribution in [3.63, 3.8) is 0 Å². The lowest BCUT2D eigenvalue weighted by atomic mass is 9.92. The van der Waals surface area contributed by atoms with Crippen LogP contribution in [0.3, 0.4) is 0 Å². The fraction of sp³-hybridized carbons (Fsp3) is 0.387. The minimum atomic E-state index is -0.343. The molecule has 1 fully saturated rings. The molecular weight excluding hydrogens is 508 g/mol. The first-order valence-electron chi connectivity index (χ1n) is 13.8. The van der Waals surface area contributed by atoms with Crippen LogP contribution in [0.15, 0.2) is 64.2 Å². The van der Waals surface area contributed by atoms with Crippen LogP contribution in [0.25, 0.3) is 5.57 Å². The summed E-state index contributed by atoms with van der Waals surface area (Å²) >= 11 is 0. The number of ether oxygens (including phenoxy) is 2. The first kappa shape index (κ1) is 27.5. The summed E-state index contributed by atoms with van der Waals surface area (Å²) in [6, 6.07) is 15.3. The Bertz CT molecular complexity index is 1550. The summed E-state index contributed by atoms with van der Waals surface area (Å²) in [5.41, 5.74) is 4.07. The summed E-state index contributed by atoms with van der Waals surface area (Å²) in [7, 11) is 3.22. The monoisotopic (exact) mass is 544 g/mol. The van der Waals surface area contributed by atoms with Crippen molar-refractivity contribution >= 4 is 17.4 Å². The normalized spacial score (nSPS) is 16.5. The van der Waals surface area contributed by atoms with Gasteiger partial charge in [-0.1, -0.05) is 30.3 Å². The standard InChI is InChI=1S/C31H36N4O5/c1-4-39-30(37)22-12-13-27-26(19-22)25(24-10-6-5-9-23(24)21-40-27)11-7-14-34-15-8-16-35(18-17-34)28-20-29(36)33(3)31(38)32(28)2/h5-6,9-13,19-20H,4,7-8,14-18,21H2,1-3H3. The quantitative estimate of drug-likeness (QED) is 0.441. The fourth-order valence-corrected chi connectivity index (χ4v) is 5.48. The Balaban J connectivity index is 1.35. The van der Waals surface area contributed by atoms with Gasteiger partial charge in [-0.3, -0.25) is 13.9 Å². The van der Waals surface area contributed by atoms with Gasteiger partial charge in [-0.05, 0) is 61.2 Å². The van der Waals surface area contributed by atoms with Gasteiger partial charge in [0.05, 0.1) is 12.2 Å². The number of carbonyl (C=O) groups is 1. The maximum Gasteiger partial charge on any atom is 0.338 e. The smallest absolute Gasteiger partial charge is 0.338 e. The zero-order valence-electron chi connectivity index (χ0n) is 23.4. The molecule has 9 heteroatoms. The van der Waals surface area contributed by atoms with E-state index in [9.17, 15) is 14.4 Å². The Hall–Kier alpha value is -4.11. The van der Waals surface area contributed by atoms with E-state index < -0.39 is 0 Å². The van der Waals surface area contributed by atoms with Crippen molar-refractivity contribution < 1.29 is 14.3 Å². The van der Waals surface area contributed by atoms with Crippen LogP contribution < -0.4 is 20.9 Å². The SMILES string of the molecule is CCOC(=O)c1ccc2c(c1)C(=CCCN1CCCN(c3cc(=O)n(C)c(=O)n3C)CC1)c1ccccc1CO2. The molecule has 0 unspecified atom stereocenters. The fourth-order valence-electron chi connectivity index (χ4n) is 5.48. The molecule has 0 saturated carbocycles. The molecule has 40 heavy (non-hydrogen) atoms. The third-order valence-electron chi connectivity index (χ3n) is 7.68. The molecule has 1 saturated heterocycles. The minimum absolute atomic E-state index is 0.287. The molecule has 9 nitrogen and oxygen atoms in total.